The van der Waals surface area contributed by atoms with E-state index in [4.69, 9.17) is 4.74 Å². The summed E-state index contributed by atoms with van der Waals surface area (Å²) in [5.74, 6) is 0. The van der Waals surface area contributed by atoms with E-state index in [-0.39, 0.29) is 10.9 Å². The third-order valence-corrected chi connectivity index (χ3v) is 7.13. The van der Waals surface area contributed by atoms with E-state index in [1.807, 2.05) is 13.0 Å². The lowest BCUT2D eigenvalue weighted by atomic mass is 10.0. The summed E-state index contributed by atoms with van der Waals surface area (Å²) in [5.41, 5.74) is 3.17. The Morgan fingerprint density at radius 1 is 1.15 bits per heavy atom. The molecule has 0 amide bonds. The molecule has 1 fully saturated rings. The van der Waals surface area contributed by atoms with Gasteiger partial charge in [-0.1, -0.05) is 45.8 Å². The molecule has 0 aromatic heterocycles. The Balaban J connectivity index is 1.82. The predicted octanol–water partition coefficient (Wildman–Crippen LogP) is 3.42. The molecule has 1 heterocycles. The smallest absolute Gasteiger partial charge is 0.240 e. The fourth-order valence-corrected chi connectivity index (χ4v) is 4.65. The van der Waals surface area contributed by atoms with Crippen molar-refractivity contribution in [2.24, 2.45) is 0 Å². The number of hydrogen-bond donors (Lipinski definition) is 1. The van der Waals surface area contributed by atoms with Crippen molar-refractivity contribution in [1.29, 1.82) is 0 Å². The van der Waals surface area contributed by atoms with Crippen molar-refractivity contribution in [3.63, 3.8) is 0 Å². The second-order valence-electron chi connectivity index (χ2n) is 6.84. The van der Waals surface area contributed by atoms with Crippen molar-refractivity contribution in [1.82, 2.24) is 9.62 Å². The maximum atomic E-state index is 12.8. The largest absolute Gasteiger partial charge is 0.379 e. The van der Waals surface area contributed by atoms with Gasteiger partial charge >= 0.3 is 0 Å². The molecule has 1 atom stereocenters. The summed E-state index contributed by atoms with van der Waals surface area (Å²) in [7, 11) is -3.58. The quantitative estimate of drug-likeness (QED) is 0.729. The monoisotopic (exact) mass is 452 g/mol. The van der Waals surface area contributed by atoms with Crippen molar-refractivity contribution in [3.05, 3.63) is 63.6 Å². The first-order chi connectivity index (χ1) is 12.9. The zero-order chi connectivity index (χ0) is 19.4. The minimum atomic E-state index is -3.58. The Hall–Kier alpha value is -1.25. The number of sulfonamides is 1. The third kappa shape index (κ3) is 5.18. The van der Waals surface area contributed by atoms with E-state index < -0.39 is 10.0 Å². The van der Waals surface area contributed by atoms with Gasteiger partial charge in [0.1, 0.15) is 0 Å². The van der Waals surface area contributed by atoms with Crippen LogP contribution in [0.3, 0.4) is 0 Å². The van der Waals surface area contributed by atoms with Crippen LogP contribution in [0.4, 0.5) is 0 Å². The molecule has 3 rings (SSSR count). The highest BCUT2D eigenvalue weighted by Gasteiger charge is 2.25. The average Bonchev–Trinajstić information content (AvgIpc) is 2.65. The Morgan fingerprint density at radius 2 is 1.89 bits per heavy atom. The Kier molecular flexibility index (Phi) is 6.70. The van der Waals surface area contributed by atoms with Crippen LogP contribution in [0.15, 0.2) is 51.8 Å². The molecule has 1 aliphatic rings. The molecule has 0 aliphatic carbocycles. The van der Waals surface area contributed by atoms with Gasteiger partial charge in [0, 0.05) is 30.1 Å². The molecule has 1 aliphatic heterocycles. The summed E-state index contributed by atoms with van der Waals surface area (Å²) < 4.78 is 34.8. The van der Waals surface area contributed by atoms with Crippen molar-refractivity contribution < 1.29 is 13.2 Å². The summed E-state index contributed by atoms with van der Waals surface area (Å²) in [5, 5.41) is 0. The molecule has 1 N–H and O–H groups in total. The number of ether oxygens (including phenoxy) is 1. The topological polar surface area (TPSA) is 58.6 Å². The molecule has 1 unspecified atom stereocenters. The minimum absolute atomic E-state index is 0.0277. The molecule has 5 nitrogen and oxygen atoms in total. The molecule has 27 heavy (non-hydrogen) atoms. The van der Waals surface area contributed by atoms with Crippen LogP contribution < -0.4 is 4.72 Å². The normalized spacial score (nSPS) is 17.0. The maximum absolute atomic E-state index is 12.8. The average molecular weight is 453 g/mol. The van der Waals surface area contributed by atoms with E-state index in [1.54, 1.807) is 18.2 Å². The van der Waals surface area contributed by atoms with E-state index in [2.05, 4.69) is 50.7 Å². The fraction of sp³-hybridized carbons (Fsp3) is 0.400. The van der Waals surface area contributed by atoms with Gasteiger partial charge in [-0.3, -0.25) is 4.90 Å². The number of morpholine rings is 1. The van der Waals surface area contributed by atoms with Crippen molar-refractivity contribution in [2.45, 2.75) is 24.8 Å². The molecule has 0 spiro atoms. The van der Waals surface area contributed by atoms with Gasteiger partial charge in [0.2, 0.25) is 10.0 Å². The summed E-state index contributed by atoms with van der Waals surface area (Å²) in [6.45, 7) is 7.17. The van der Waals surface area contributed by atoms with E-state index in [9.17, 15) is 8.42 Å². The zero-order valence-electron chi connectivity index (χ0n) is 15.6. The zero-order valence-corrected chi connectivity index (χ0v) is 18.0. The molecular weight excluding hydrogens is 428 g/mol. The summed E-state index contributed by atoms with van der Waals surface area (Å²) in [4.78, 5) is 2.57. The molecule has 2 aromatic rings. The highest BCUT2D eigenvalue weighted by Crippen LogP contribution is 2.24. The number of nitrogens with zero attached hydrogens (tertiary/aromatic N) is 1. The van der Waals surface area contributed by atoms with E-state index in [0.717, 1.165) is 34.3 Å². The first kappa shape index (κ1) is 20.5. The molecule has 2 aromatic carbocycles. The van der Waals surface area contributed by atoms with Gasteiger partial charge in [-0.2, -0.15) is 0 Å². The summed E-state index contributed by atoms with van der Waals surface area (Å²) in [6, 6.07) is 13.3. The van der Waals surface area contributed by atoms with Gasteiger partial charge in [0.15, 0.2) is 0 Å². The molecular formula is C20H25BrN2O3S. The summed E-state index contributed by atoms with van der Waals surface area (Å²) >= 11 is 3.41. The van der Waals surface area contributed by atoms with Gasteiger partial charge in [-0.15, -0.1) is 0 Å². The highest BCUT2D eigenvalue weighted by atomic mass is 79.9. The van der Waals surface area contributed by atoms with Crippen molar-refractivity contribution in [2.75, 3.05) is 32.8 Å². The van der Waals surface area contributed by atoms with Gasteiger partial charge in [0.05, 0.1) is 18.1 Å². The lowest BCUT2D eigenvalue weighted by molar-refractivity contribution is 0.0172. The molecule has 0 saturated carbocycles. The lowest BCUT2D eigenvalue weighted by Gasteiger charge is -2.35. The predicted molar refractivity (Wildman–Crippen MR) is 110 cm³/mol. The molecule has 7 heteroatoms. The van der Waals surface area contributed by atoms with Crippen LogP contribution in [0.2, 0.25) is 0 Å². The molecule has 0 bridgehead atoms. The van der Waals surface area contributed by atoms with E-state index >= 15 is 0 Å². The van der Waals surface area contributed by atoms with Crippen molar-refractivity contribution in [3.8, 4) is 0 Å². The van der Waals surface area contributed by atoms with Crippen molar-refractivity contribution >= 4 is 26.0 Å². The number of hydrogen-bond acceptors (Lipinski definition) is 4. The SMILES string of the molecule is Cc1cccc(C(CNS(=O)(=O)c2ccc(Br)c(C)c2)N2CCOCC2)c1. The number of halogens is 1. The van der Waals surface area contributed by atoms with E-state index in [1.165, 1.54) is 0 Å². The first-order valence-corrected chi connectivity index (χ1v) is 11.3. The van der Waals surface area contributed by atoms with Gasteiger partial charge in [-0.25, -0.2) is 13.1 Å². The Morgan fingerprint density at radius 3 is 2.56 bits per heavy atom. The number of nitrogens with one attached hydrogen (secondary N) is 1. The highest BCUT2D eigenvalue weighted by molar-refractivity contribution is 9.10. The van der Waals surface area contributed by atoms with Gasteiger partial charge in [0.25, 0.3) is 0 Å². The van der Waals surface area contributed by atoms with Crippen LogP contribution in [-0.2, 0) is 14.8 Å². The second kappa shape index (κ2) is 8.84. The fourth-order valence-electron chi connectivity index (χ4n) is 3.28. The lowest BCUT2D eigenvalue weighted by Crippen LogP contribution is -2.43. The minimum Gasteiger partial charge on any atom is -0.379 e. The van der Waals surface area contributed by atoms with Crippen LogP contribution in [0.5, 0.6) is 0 Å². The third-order valence-electron chi connectivity index (χ3n) is 4.82. The van der Waals surface area contributed by atoms with E-state index in [0.29, 0.717) is 19.8 Å². The van der Waals surface area contributed by atoms with Gasteiger partial charge in [-0.05, 0) is 43.2 Å². The number of benzene rings is 2. The Bertz CT molecular complexity index is 896. The summed E-state index contributed by atoms with van der Waals surface area (Å²) in [6.07, 6.45) is 0. The number of aryl methyl sites for hydroxylation is 2. The van der Waals surface area contributed by atoms with Crippen LogP contribution in [0, 0.1) is 13.8 Å². The number of rotatable bonds is 6. The van der Waals surface area contributed by atoms with Crippen LogP contribution in [0.1, 0.15) is 22.7 Å². The molecule has 1 saturated heterocycles. The molecule has 0 radical (unpaired) electrons. The van der Waals surface area contributed by atoms with Gasteiger partial charge < -0.3 is 4.74 Å². The Labute approximate surface area is 169 Å². The van der Waals surface area contributed by atoms with Crippen LogP contribution in [-0.4, -0.2) is 46.2 Å². The first-order valence-electron chi connectivity index (χ1n) is 9.01. The molecule has 146 valence electrons. The second-order valence-corrected chi connectivity index (χ2v) is 9.46. The maximum Gasteiger partial charge on any atom is 0.240 e. The standard InChI is InChI=1S/C20H25BrN2O3S/c1-15-4-3-5-17(12-15)20(23-8-10-26-11-9-23)14-22-27(24,25)18-6-7-19(21)16(2)13-18/h3-7,12-13,20,22H,8-11,14H2,1-2H3. The van der Waals surface area contributed by atoms with Crippen LogP contribution in [0.25, 0.3) is 0 Å². The van der Waals surface area contributed by atoms with Crippen LogP contribution >= 0.6 is 15.9 Å².